The lowest BCUT2D eigenvalue weighted by atomic mass is 10.1. The molecule has 0 unspecified atom stereocenters. The van der Waals surface area contributed by atoms with E-state index in [0.29, 0.717) is 0 Å². The quantitative estimate of drug-likeness (QED) is 0.386. The Morgan fingerprint density at radius 1 is 0.643 bits per heavy atom. The molecule has 0 aromatic heterocycles. The van der Waals surface area contributed by atoms with Crippen LogP contribution in [0.2, 0.25) is 5.28 Å². The normalized spacial score (nSPS) is 9.79. The van der Waals surface area contributed by atoms with Crippen LogP contribution in [0.1, 0.15) is 71.1 Å². The highest BCUT2D eigenvalue weighted by Gasteiger charge is 1.90. The van der Waals surface area contributed by atoms with Gasteiger partial charge in [-0.05, 0) is 0 Å². The largest absolute Gasteiger partial charge is 0.118 e. The van der Waals surface area contributed by atoms with Gasteiger partial charge < -0.3 is 0 Å². The second kappa shape index (κ2) is 16.4. The highest BCUT2D eigenvalue weighted by Crippen LogP contribution is 2.10. The number of hydrogen-bond acceptors (Lipinski definition) is 0. The molecule has 0 bridgehead atoms. The molecule has 0 nitrogen and oxygen atoms in total. The van der Waals surface area contributed by atoms with E-state index in [2.05, 4.69) is 23.2 Å². The van der Waals surface area contributed by atoms with Gasteiger partial charge in [0.2, 0.25) is 0 Å². The molecule has 0 saturated heterocycles. The van der Waals surface area contributed by atoms with Crippen LogP contribution in [-0.4, -0.2) is 16.3 Å². The third kappa shape index (κ3) is 15.5. The van der Waals surface area contributed by atoms with Gasteiger partial charge in [-0.25, -0.2) is 0 Å². The van der Waals surface area contributed by atoms with Crippen LogP contribution in [0, 0.1) is 0 Å². The Hall–Kier alpha value is 1.01. The molecule has 0 saturated carbocycles. The number of rotatable bonds is 10. The molecule has 0 atom stereocenters. The predicted octanol–water partition coefficient (Wildman–Crippen LogP) is 5.07. The zero-order valence-corrected chi connectivity index (χ0v) is 12.6. The van der Waals surface area contributed by atoms with Crippen LogP contribution in [0.25, 0.3) is 0 Å². The molecule has 2 heteroatoms. The van der Waals surface area contributed by atoms with E-state index in [1.807, 2.05) is 0 Å². The summed E-state index contributed by atoms with van der Waals surface area (Å²) in [6, 6.07) is 0. The molecule has 0 rings (SSSR count). The van der Waals surface area contributed by atoms with Crippen LogP contribution in [-0.2, 0) is 0 Å². The molecular weight excluding hydrogens is 251 g/mol. The van der Waals surface area contributed by atoms with Crippen molar-refractivity contribution in [2.45, 2.75) is 76.4 Å². The van der Waals surface area contributed by atoms with Crippen LogP contribution in [0.3, 0.4) is 0 Å². The van der Waals surface area contributed by atoms with Gasteiger partial charge in [-0.15, -0.1) is 22.3 Å². The molecule has 0 heterocycles. The monoisotopic (exact) mass is 276 g/mol. The van der Waals surface area contributed by atoms with Crippen LogP contribution in [0.5, 0.6) is 0 Å². The van der Waals surface area contributed by atoms with Crippen molar-refractivity contribution >= 4 is 33.3 Å². The van der Waals surface area contributed by atoms with E-state index in [1.165, 1.54) is 69.5 Å². The van der Waals surface area contributed by atoms with Gasteiger partial charge in [-0.1, -0.05) is 71.1 Å². The lowest BCUT2D eigenvalue weighted by Crippen LogP contribution is -1.81. The molecule has 0 aromatic rings. The molecule has 0 fully saturated rings. The molecule has 0 aromatic carbocycles. The summed E-state index contributed by atoms with van der Waals surface area (Å²) in [4.78, 5) is 0. The first-order valence-corrected chi connectivity index (χ1v) is 6.93. The van der Waals surface area contributed by atoms with E-state index in [4.69, 9.17) is 0 Å². The van der Waals surface area contributed by atoms with Gasteiger partial charge in [-0.3, -0.25) is 0 Å². The first kappa shape index (κ1) is 17.4. The molecule has 2 radical (unpaired) electrons. The van der Waals surface area contributed by atoms with Gasteiger partial charge in [0.1, 0.15) is 16.3 Å². The maximum Gasteiger partial charge on any atom is 0.118 e. The summed E-state index contributed by atoms with van der Waals surface area (Å²) >= 11 is 2.81. The van der Waals surface area contributed by atoms with Gasteiger partial charge in [0.25, 0.3) is 0 Å². The molecule has 14 heavy (non-hydrogen) atoms. The summed E-state index contributed by atoms with van der Waals surface area (Å²) in [6.45, 7) is 2.28. The maximum atomic E-state index is 2.81. The minimum atomic E-state index is 0. The number of hydrogen-bond donors (Lipinski definition) is 0. The summed E-state index contributed by atoms with van der Waals surface area (Å²) in [5, 5.41) is 1.29. The predicted molar refractivity (Wildman–Crippen MR) is 72.7 cm³/mol. The van der Waals surface area contributed by atoms with Crippen LogP contribution in [0.15, 0.2) is 0 Å². The Morgan fingerprint density at radius 3 is 1.36 bits per heavy atom. The Morgan fingerprint density at radius 2 is 1.00 bits per heavy atom. The van der Waals surface area contributed by atoms with Gasteiger partial charge in [0.15, 0.2) is 0 Å². The summed E-state index contributed by atoms with van der Waals surface area (Å²) in [7, 11) is 0. The van der Waals surface area contributed by atoms with Crippen molar-refractivity contribution in [3.05, 3.63) is 0 Å². The second-order valence-electron chi connectivity index (χ2n) is 3.97. The van der Waals surface area contributed by atoms with Crippen molar-refractivity contribution in [1.29, 1.82) is 0 Å². The van der Waals surface area contributed by atoms with Crippen molar-refractivity contribution in [1.82, 2.24) is 0 Å². The van der Waals surface area contributed by atoms with Crippen molar-refractivity contribution in [3.63, 3.8) is 0 Å². The molecule has 0 aliphatic heterocycles. The lowest BCUT2D eigenvalue weighted by molar-refractivity contribution is 0.562. The minimum Gasteiger partial charge on any atom is -0.118 e. The van der Waals surface area contributed by atoms with Crippen molar-refractivity contribution < 1.29 is 0 Å². The first-order chi connectivity index (χ1) is 6.41. The van der Waals surface area contributed by atoms with Gasteiger partial charge in [0.05, 0.1) is 0 Å². The lowest BCUT2D eigenvalue weighted by Gasteiger charge is -2.00. The van der Waals surface area contributed by atoms with E-state index >= 15 is 0 Å². The molecule has 0 aliphatic carbocycles. The Balaban J connectivity index is 0. The second-order valence-corrected chi connectivity index (χ2v) is 4.55. The van der Waals surface area contributed by atoms with Crippen LogP contribution in [0.4, 0.5) is 0 Å². The third-order valence-corrected chi connectivity index (χ3v) is 2.97. The SMILES string of the molecule is Br.CCCCCCCCCCC[CH2][Al]. The summed E-state index contributed by atoms with van der Waals surface area (Å²) in [5.74, 6) is 0. The number of halogens is 1. The molecule has 0 aliphatic rings. The van der Waals surface area contributed by atoms with Crippen molar-refractivity contribution in [2.24, 2.45) is 0 Å². The van der Waals surface area contributed by atoms with Crippen LogP contribution < -0.4 is 0 Å². The number of unbranched alkanes of at least 4 members (excludes halogenated alkanes) is 9. The van der Waals surface area contributed by atoms with Crippen LogP contribution >= 0.6 is 17.0 Å². The van der Waals surface area contributed by atoms with Gasteiger partial charge in [-0.2, -0.15) is 0 Å². The van der Waals surface area contributed by atoms with Gasteiger partial charge >= 0.3 is 0 Å². The zero-order valence-electron chi connectivity index (χ0n) is 9.76. The zero-order chi connectivity index (χ0) is 9.78. The fourth-order valence-corrected chi connectivity index (χ4v) is 1.92. The fraction of sp³-hybridized carbons (Fsp3) is 1.00. The molecule has 0 N–H and O–H groups in total. The molecule has 84 valence electrons. The smallest absolute Gasteiger partial charge is 0.118 e. The Kier molecular flexibility index (Phi) is 20.4. The molecule has 0 amide bonds. The van der Waals surface area contributed by atoms with E-state index in [0.717, 1.165) is 0 Å². The van der Waals surface area contributed by atoms with Crippen molar-refractivity contribution in [2.75, 3.05) is 0 Å². The Bertz CT molecular complexity index is 76.4. The standard InChI is InChI=1S/C12H25.Al.BrH/c1-3-5-7-9-11-12-10-8-6-4-2;;/h1,3-12H2,2H3;;1H. The highest BCUT2D eigenvalue weighted by atomic mass is 79.9. The average molecular weight is 277 g/mol. The minimum absolute atomic E-state index is 0. The molecular formula is C12H26AlBr. The maximum absolute atomic E-state index is 2.81. The summed E-state index contributed by atoms with van der Waals surface area (Å²) in [6.07, 6.45) is 14.5. The Labute approximate surface area is 109 Å². The average Bonchev–Trinajstić information content (AvgIpc) is 2.16. The highest BCUT2D eigenvalue weighted by molar-refractivity contribution is 8.93. The van der Waals surface area contributed by atoms with Gasteiger partial charge in [0, 0.05) is 0 Å². The third-order valence-electron chi connectivity index (χ3n) is 2.56. The van der Waals surface area contributed by atoms with E-state index < -0.39 is 0 Å². The first-order valence-electron chi connectivity index (χ1n) is 6.12. The van der Waals surface area contributed by atoms with E-state index in [-0.39, 0.29) is 17.0 Å². The molecule has 0 spiro atoms. The topological polar surface area (TPSA) is 0 Å². The van der Waals surface area contributed by atoms with E-state index in [9.17, 15) is 0 Å². The summed E-state index contributed by atoms with van der Waals surface area (Å²) in [5.41, 5.74) is 0. The van der Waals surface area contributed by atoms with Crippen molar-refractivity contribution in [3.8, 4) is 0 Å². The van der Waals surface area contributed by atoms with E-state index in [1.54, 1.807) is 0 Å². The fourth-order valence-electron chi connectivity index (χ4n) is 1.63. The summed E-state index contributed by atoms with van der Waals surface area (Å²) < 4.78 is 0.